The van der Waals surface area contributed by atoms with E-state index >= 15 is 0 Å². The molecule has 2 rings (SSSR count). The summed E-state index contributed by atoms with van der Waals surface area (Å²) in [5.74, 6) is -0.533. The Hall–Kier alpha value is -2.22. The van der Waals surface area contributed by atoms with E-state index in [4.69, 9.17) is 9.47 Å². The summed E-state index contributed by atoms with van der Waals surface area (Å²) in [4.78, 5) is 13.7. The zero-order valence-corrected chi connectivity index (χ0v) is 17.9. The number of rotatable bonds is 14. The summed E-state index contributed by atoms with van der Waals surface area (Å²) in [6.45, 7) is 4.84. The molecule has 0 fully saturated rings. The van der Waals surface area contributed by atoms with E-state index in [1.807, 2.05) is 31.3 Å². The van der Waals surface area contributed by atoms with Crippen LogP contribution in [0.3, 0.4) is 0 Å². The number of halogens is 1. The fourth-order valence-corrected chi connectivity index (χ4v) is 3.29. The molecule has 0 aliphatic carbocycles. The van der Waals surface area contributed by atoms with E-state index < -0.39 is 6.10 Å². The molecule has 0 aliphatic rings. The van der Waals surface area contributed by atoms with Crippen LogP contribution in [0.4, 0.5) is 4.39 Å². The minimum absolute atomic E-state index is 0.0100. The minimum Gasteiger partial charge on any atom is -0.463 e. The molecule has 1 aromatic heterocycles. The Labute approximate surface area is 178 Å². The summed E-state index contributed by atoms with van der Waals surface area (Å²) < 4.78 is 25.9. The number of aliphatic hydroxyl groups excluding tert-OH is 1. The van der Waals surface area contributed by atoms with E-state index in [9.17, 15) is 14.3 Å². The molecule has 1 aromatic carbocycles. The van der Waals surface area contributed by atoms with Gasteiger partial charge in [0.1, 0.15) is 18.5 Å². The zero-order valence-electron chi connectivity index (χ0n) is 17.9. The van der Waals surface area contributed by atoms with E-state index in [-0.39, 0.29) is 18.4 Å². The highest BCUT2D eigenvalue weighted by molar-refractivity contribution is 5.69. The fraction of sp³-hybridized carbons (Fsp3) is 0.522. The van der Waals surface area contributed by atoms with Crippen molar-refractivity contribution < 1.29 is 23.8 Å². The third-order valence-electron chi connectivity index (χ3n) is 4.73. The quantitative estimate of drug-likeness (QED) is 0.376. The molecular formula is C23H33FN2O4. The molecule has 1 atom stereocenters. The highest BCUT2D eigenvalue weighted by atomic mass is 19.1. The Balaban J connectivity index is 1.98. The van der Waals surface area contributed by atoms with Crippen LogP contribution in [0.5, 0.6) is 0 Å². The first-order valence-corrected chi connectivity index (χ1v) is 10.4. The lowest BCUT2D eigenvalue weighted by atomic mass is 10.2. The van der Waals surface area contributed by atoms with Crippen molar-refractivity contribution in [2.75, 3.05) is 33.4 Å². The maximum absolute atomic E-state index is 13.5. The second-order valence-corrected chi connectivity index (χ2v) is 7.43. The molecule has 0 amide bonds. The van der Waals surface area contributed by atoms with Gasteiger partial charge in [0.15, 0.2) is 0 Å². The molecule has 6 nitrogen and oxygen atoms in total. The topological polar surface area (TPSA) is 63.9 Å². The van der Waals surface area contributed by atoms with Gasteiger partial charge in [0, 0.05) is 58.2 Å². The maximum atomic E-state index is 13.5. The average molecular weight is 421 g/mol. The van der Waals surface area contributed by atoms with Crippen molar-refractivity contribution in [1.29, 1.82) is 0 Å². The third-order valence-corrected chi connectivity index (χ3v) is 4.73. The van der Waals surface area contributed by atoms with Gasteiger partial charge < -0.3 is 19.1 Å². The van der Waals surface area contributed by atoms with Crippen LogP contribution in [0.2, 0.25) is 0 Å². The van der Waals surface area contributed by atoms with Gasteiger partial charge in [0.2, 0.25) is 0 Å². The Morgan fingerprint density at radius 1 is 1.30 bits per heavy atom. The van der Waals surface area contributed by atoms with E-state index in [2.05, 4.69) is 9.47 Å². The van der Waals surface area contributed by atoms with Crippen LogP contribution in [-0.2, 0) is 27.4 Å². The first kappa shape index (κ1) is 24.1. The summed E-state index contributed by atoms with van der Waals surface area (Å²) in [7, 11) is 1.66. The SMILES string of the molecule is CCCC(=O)OCC(O)CN(CCCOC)Cc1cccn1Cc1cccc(F)c1. The Morgan fingerprint density at radius 2 is 2.13 bits per heavy atom. The third kappa shape index (κ3) is 8.65. The molecular weight excluding hydrogens is 387 g/mol. The van der Waals surface area contributed by atoms with Crippen molar-refractivity contribution >= 4 is 5.97 Å². The van der Waals surface area contributed by atoms with Crippen molar-refractivity contribution in [3.8, 4) is 0 Å². The summed E-state index contributed by atoms with van der Waals surface area (Å²) >= 11 is 0. The standard InChI is InChI=1S/C23H33FN2O4/c1-3-7-23(28)30-18-22(27)17-25(11-6-13-29-2)16-21-10-5-12-26(21)15-19-8-4-9-20(24)14-19/h4-5,8-10,12,14,22,27H,3,6-7,11,13,15-18H2,1-2H3. The number of esters is 1. The Bertz CT molecular complexity index is 765. The molecule has 0 aliphatic heterocycles. The lowest BCUT2D eigenvalue weighted by molar-refractivity contribution is -0.147. The number of methoxy groups -OCH3 is 1. The smallest absolute Gasteiger partial charge is 0.305 e. The molecule has 1 heterocycles. The zero-order chi connectivity index (χ0) is 21.8. The van der Waals surface area contributed by atoms with Gasteiger partial charge in [-0.3, -0.25) is 9.69 Å². The number of benzene rings is 1. The first-order chi connectivity index (χ1) is 14.5. The number of nitrogens with zero attached hydrogens (tertiary/aromatic N) is 2. The molecule has 0 saturated heterocycles. The fourth-order valence-electron chi connectivity index (χ4n) is 3.29. The van der Waals surface area contributed by atoms with Gasteiger partial charge in [-0.05, 0) is 42.7 Å². The lowest BCUT2D eigenvalue weighted by Crippen LogP contribution is -2.36. The monoisotopic (exact) mass is 420 g/mol. The van der Waals surface area contributed by atoms with Crippen molar-refractivity contribution in [3.05, 3.63) is 59.7 Å². The van der Waals surface area contributed by atoms with E-state index in [0.717, 1.165) is 30.6 Å². The van der Waals surface area contributed by atoms with Crippen molar-refractivity contribution in [3.63, 3.8) is 0 Å². The molecule has 2 aromatic rings. The van der Waals surface area contributed by atoms with Crippen molar-refractivity contribution in [1.82, 2.24) is 9.47 Å². The summed E-state index contributed by atoms with van der Waals surface area (Å²) in [6.07, 6.45) is 3.11. The largest absolute Gasteiger partial charge is 0.463 e. The van der Waals surface area contributed by atoms with Crippen LogP contribution >= 0.6 is 0 Å². The van der Waals surface area contributed by atoms with Gasteiger partial charge in [-0.1, -0.05) is 19.1 Å². The van der Waals surface area contributed by atoms with Gasteiger partial charge in [0.25, 0.3) is 0 Å². The number of aliphatic hydroxyl groups is 1. The predicted octanol–water partition coefficient (Wildman–Crippen LogP) is 3.22. The molecule has 0 saturated carbocycles. The number of aromatic nitrogens is 1. The maximum Gasteiger partial charge on any atom is 0.305 e. The normalized spacial score (nSPS) is 12.3. The predicted molar refractivity (Wildman–Crippen MR) is 114 cm³/mol. The van der Waals surface area contributed by atoms with Gasteiger partial charge >= 0.3 is 5.97 Å². The molecule has 1 N–H and O–H groups in total. The molecule has 0 radical (unpaired) electrons. The molecule has 0 spiro atoms. The number of carbonyl (C=O) groups excluding carboxylic acids is 1. The molecule has 0 bridgehead atoms. The highest BCUT2D eigenvalue weighted by Gasteiger charge is 2.16. The van der Waals surface area contributed by atoms with Gasteiger partial charge in [-0.15, -0.1) is 0 Å². The highest BCUT2D eigenvalue weighted by Crippen LogP contribution is 2.13. The molecule has 7 heteroatoms. The first-order valence-electron chi connectivity index (χ1n) is 10.4. The average Bonchev–Trinajstić information content (AvgIpc) is 3.13. The van der Waals surface area contributed by atoms with Crippen LogP contribution in [0.25, 0.3) is 0 Å². The number of hydrogen-bond acceptors (Lipinski definition) is 5. The summed E-state index contributed by atoms with van der Waals surface area (Å²) in [5.41, 5.74) is 1.95. The van der Waals surface area contributed by atoms with Gasteiger partial charge in [-0.25, -0.2) is 4.39 Å². The van der Waals surface area contributed by atoms with Crippen LogP contribution in [0.15, 0.2) is 42.6 Å². The molecule has 166 valence electrons. The van der Waals surface area contributed by atoms with Crippen LogP contribution in [0, 0.1) is 5.82 Å². The van der Waals surface area contributed by atoms with Crippen LogP contribution < -0.4 is 0 Å². The van der Waals surface area contributed by atoms with E-state index in [1.165, 1.54) is 12.1 Å². The van der Waals surface area contributed by atoms with Crippen molar-refractivity contribution in [2.45, 2.75) is 45.4 Å². The Morgan fingerprint density at radius 3 is 2.87 bits per heavy atom. The second kappa shape index (κ2) is 13.2. The van der Waals surface area contributed by atoms with Crippen molar-refractivity contribution in [2.24, 2.45) is 0 Å². The second-order valence-electron chi connectivity index (χ2n) is 7.43. The Kier molecular flexibility index (Phi) is 10.5. The lowest BCUT2D eigenvalue weighted by Gasteiger charge is -2.25. The van der Waals surface area contributed by atoms with Crippen LogP contribution in [0.1, 0.15) is 37.4 Å². The molecule has 30 heavy (non-hydrogen) atoms. The molecule has 1 unspecified atom stereocenters. The summed E-state index contributed by atoms with van der Waals surface area (Å²) in [6, 6.07) is 10.6. The number of ether oxygens (including phenoxy) is 2. The van der Waals surface area contributed by atoms with E-state index in [1.54, 1.807) is 13.2 Å². The minimum atomic E-state index is -0.764. The van der Waals surface area contributed by atoms with E-state index in [0.29, 0.717) is 32.7 Å². The van der Waals surface area contributed by atoms with Gasteiger partial charge in [0.05, 0.1) is 0 Å². The van der Waals surface area contributed by atoms with Crippen LogP contribution in [-0.4, -0.2) is 60.1 Å². The van der Waals surface area contributed by atoms with Gasteiger partial charge in [-0.2, -0.15) is 0 Å². The summed E-state index contributed by atoms with van der Waals surface area (Å²) in [5, 5.41) is 10.4. The number of hydrogen-bond donors (Lipinski definition) is 1. The number of carbonyl (C=O) groups is 1.